The summed E-state index contributed by atoms with van der Waals surface area (Å²) in [4.78, 5) is 17.2. The third kappa shape index (κ3) is 1.96. The molecule has 0 aromatic heterocycles. The van der Waals surface area contributed by atoms with Gasteiger partial charge in [0.2, 0.25) is 5.91 Å². The molecule has 0 unspecified atom stereocenters. The summed E-state index contributed by atoms with van der Waals surface area (Å²) in [5.74, 6) is 0.679. The number of likely N-dealkylation sites (tertiary alicyclic amines) is 2. The fraction of sp³-hybridized carbons (Fsp3) is 0.588. The molecule has 0 bridgehead atoms. The predicted octanol–water partition coefficient (Wildman–Crippen LogP) is 2.34. The Morgan fingerprint density at radius 2 is 1.95 bits per heavy atom. The molecule has 20 heavy (non-hydrogen) atoms. The van der Waals surface area contributed by atoms with Crippen LogP contribution in [0, 0.1) is 5.41 Å². The number of hydrogen-bond acceptors (Lipinski definition) is 2. The van der Waals surface area contributed by atoms with E-state index in [2.05, 4.69) is 43.0 Å². The fourth-order valence-corrected chi connectivity index (χ4v) is 3.88. The SMILES string of the molecule is CC(C)N1C[C@H](c2ccccc2)[C@]2(CCN(C)C2=O)C1. The van der Waals surface area contributed by atoms with Crippen molar-refractivity contribution in [2.45, 2.75) is 32.2 Å². The molecule has 3 nitrogen and oxygen atoms in total. The van der Waals surface area contributed by atoms with Crippen molar-refractivity contribution in [3.8, 4) is 0 Å². The van der Waals surface area contributed by atoms with Gasteiger partial charge in [-0.3, -0.25) is 9.69 Å². The van der Waals surface area contributed by atoms with Gasteiger partial charge in [0.05, 0.1) is 5.41 Å². The maximum absolute atomic E-state index is 12.8. The van der Waals surface area contributed by atoms with Crippen LogP contribution in [0.4, 0.5) is 0 Å². The van der Waals surface area contributed by atoms with Gasteiger partial charge in [-0.1, -0.05) is 30.3 Å². The van der Waals surface area contributed by atoms with Crippen molar-refractivity contribution in [1.29, 1.82) is 0 Å². The van der Waals surface area contributed by atoms with E-state index in [-0.39, 0.29) is 5.41 Å². The molecule has 1 aromatic carbocycles. The average Bonchev–Trinajstić information content (AvgIpc) is 2.97. The Bertz CT molecular complexity index is 499. The van der Waals surface area contributed by atoms with Crippen LogP contribution in [0.5, 0.6) is 0 Å². The monoisotopic (exact) mass is 272 g/mol. The lowest BCUT2D eigenvalue weighted by molar-refractivity contribution is -0.135. The first kappa shape index (κ1) is 13.6. The minimum absolute atomic E-state index is 0.194. The first-order valence-electron chi connectivity index (χ1n) is 7.59. The Morgan fingerprint density at radius 1 is 1.25 bits per heavy atom. The van der Waals surface area contributed by atoms with Gasteiger partial charge in [0.15, 0.2) is 0 Å². The van der Waals surface area contributed by atoms with E-state index in [1.54, 1.807) is 0 Å². The molecule has 0 aliphatic carbocycles. The molecule has 2 saturated heterocycles. The zero-order valence-corrected chi connectivity index (χ0v) is 12.7. The molecule has 108 valence electrons. The zero-order valence-electron chi connectivity index (χ0n) is 12.7. The summed E-state index contributed by atoms with van der Waals surface area (Å²) in [6.07, 6.45) is 0.991. The van der Waals surface area contributed by atoms with Gasteiger partial charge in [-0.2, -0.15) is 0 Å². The lowest BCUT2D eigenvalue weighted by Gasteiger charge is -2.28. The second kappa shape index (κ2) is 4.88. The molecule has 0 radical (unpaired) electrons. The van der Waals surface area contributed by atoms with E-state index in [1.807, 2.05) is 18.0 Å². The van der Waals surface area contributed by atoms with Crippen molar-refractivity contribution in [2.24, 2.45) is 5.41 Å². The van der Waals surface area contributed by atoms with Gasteiger partial charge < -0.3 is 4.90 Å². The largest absolute Gasteiger partial charge is 0.345 e. The molecule has 1 amide bonds. The molecule has 0 N–H and O–H groups in total. The lowest BCUT2D eigenvalue weighted by atomic mass is 9.73. The molecule has 2 aliphatic rings. The van der Waals surface area contributed by atoms with Gasteiger partial charge in [-0.15, -0.1) is 0 Å². The topological polar surface area (TPSA) is 23.6 Å². The maximum Gasteiger partial charge on any atom is 0.230 e. The highest BCUT2D eigenvalue weighted by atomic mass is 16.2. The quantitative estimate of drug-likeness (QED) is 0.825. The Morgan fingerprint density at radius 3 is 2.50 bits per heavy atom. The predicted molar refractivity (Wildman–Crippen MR) is 80.6 cm³/mol. The van der Waals surface area contributed by atoms with Crippen LogP contribution in [0.15, 0.2) is 30.3 Å². The third-order valence-corrected chi connectivity index (χ3v) is 5.17. The standard InChI is InChI=1S/C17H24N2O/c1-13(2)19-11-15(14-7-5-4-6-8-14)17(12-19)9-10-18(3)16(17)20/h4-8,13,15H,9-12H2,1-3H3/t15-,17+/m1/s1. The molecular weight excluding hydrogens is 248 g/mol. The van der Waals surface area contributed by atoms with Crippen molar-refractivity contribution in [3.05, 3.63) is 35.9 Å². The zero-order chi connectivity index (χ0) is 14.3. The van der Waals surface area contributed by atoms with Crippen LogP contribution in [0.25, 0.3) is 0 Å². The average molecular weight is 272 g/mol. The first-order valence-corrected chi connectivity index (χ1v) is 7.59. The van der Waals surface area contributed by atoms with Crippen LogP contribution in [-0.2, 0) is 4.79 Å². The van der Waals surface area contributed by atoms with E-state index in [0.29, 0.717) is 17.9 Å². The summed E-state index contributed by atoms with van der Waals surface area (Å²) in [5.41, 5.74) is 1.12. The number of carbonyl (C=O) groups is 1. The molecular formula is C17H24N2O. The summed E-state index contributed by atoms with van der Waals surface area (Å²) in [6.45, 7) is 7.26. The van der Waals surface area contributed by atoms with Crippen LogP contribution in [0.1, 0.15) is 31.7 Å². The molecule has 3 rings (SSSR count). The molecule has 2 atom stereocenters. The van der Waals surface area contributed by atoms with E-state index in [4.69, 9.17) is 0 Å². The summed E-state index contributed by atoms with van der Waals surface area (Å²) >= 11 is 0. The van der Waals surface area contributed by atoms with Crippen molar-refractivity contribution in [2.75, 3.05) is 26.7 Å². The minimum atomic E-state index is -0.194. The number of rotatable bonds is 2. The van der Waals surface area contributed by atoms with E-state index < -0.39 is 0 Å². The highest BCUT2D eigenvalue weighted by Gasteiger charge is 2.56. The number of nitrogens with zero attached hydrogens (tertiary/aromatic N) is 2. The smallest absolute Gasteiger partial charge is 0.230 e. The second-order valence-electron chi connectivity index (χ2n) is 6.62. The molecule has 3 heteroatoms. The van der Waals surface area contributed by atoms with E-state index >= 15 is 0 Å². The van der Waals surface area contributed by atoms with Crippen molar-refractivity contribution < 1.29 is 4.79 Å². The lowest BCUT2D eigenvalue weighted by Crippen LogP contribution is -2.39. The van der Waals surface area contributed by atoms with Crippen molar-refractivity contribution in [3.63, 3.8) is 0 Å². The van der Waals surface area contributed by atoms with Crippen LogP contribution in [0.2, 0.25) is 0 Å². The summed E-state index contributed by atoms with van der Waals surface area (Å²) in [5, 5.41) is 0. The first-order chi connectivity index (χ1) is 9.54. The molecule has 1 spiro atoms. The molecule has 1 aromatic rings. The van der Waals surface area contributed by atoms with Gasteiger partial charge in [-0.25, -0.2) is 0 Å². The molecule has 2 heterocycles. The fourth-order valence-electron chi connectivity index (χ4n) is 3.88. The van der Waals surface area contributed by atoms with E-state index in [9.17, 15) is 4.79 Å². The van der Waals surface area contributed by atoms with Gasteiger partial charge in [0, 0.05) is 38.6 Å². The molecule has 2 aliphatic heterocycles. The minimum Gasteiger partial charge on any atom is -0.345 e. The Balaban J connectivity index is 1.99. The van der Waals surface area contributed by atoms with E-state index in [1.165, 1.54) is 5.56 Å². The van der Waals surface area contributed by atoms with Gasteiger partial charge in [0.1, 0.15) is 0 Å². The summed E-state index contributed by atoms with van der Waals surface area (Å²) in [6, 6.07) is 11.1. The third-order valence-electron chi connectivity index (χ3n) is 5.17. The Hall–Kier alpha value is -1.35. The normalized spacial score (nSPS) is 30.9. The maximum atomic E-state index is 12.8. The van der Waals surface area contributed by atoms with Crippen LogP contribution < -0.4 is 0 Å². The van der Waals surface area contributed by atoms with Crippen LogP contribution >= 0.6 is 0 Å². The molecule has 2 fully saturated rings. The Labute approximate surface area is 121 Å². The van der Waals surface area contributed by atoms with Crippen molar-refractivity contribution >= 4 is 5.91 Å². The highest BCUT2D eigenvalue weighted by Crippen LogP contribution is 2.49. The number of benzene rings is 1. The molecule has 0 saturated carbocycles. The number of carbonyl (C=O) groups excluding carboxylic acids is 1. The number of amides is 1. The van der Waals surface area contributed by atoms with Gasteiger partial charge >= 0.3 is 0 Å². The van der Waals surface area contributed by atoms with Gasteiger partial charge in [-0.05, 0) is 25.8 Å². The summed E-state index contributed by atoms with van der Waals surface area (Å²) < 4.78 is 0. The number of hydrogen-bond donors (Lipinski definition) is 0. The van der Waals surface area contributed by atoms with Crippen LogP contribution in [0.3, 0.4) is 0 Å². The van der Waals surface area contributed by atoms with Crippen molar-refractivity contribution in [1.82, 2.24) is 9.80 Å². The van der Waals surface area contributed by atoms with Crippen LogP contribution in [-0.4, -0.2) is 48.4 Å². The van der Waals surface area contributed by atoms with E-state index in [0.717, 1.165) is 26.1 Å². The highest BCUT2D eigenvalue weighted by molar-refractivity contribution is 5.86. The summed E-state index contributed by atoms with van der Waals surface area (Å²) in [7, 11) is 1.94. The Kier molecular flexibility index (Phi) is 3.33. The van der Waals surface area contributed by atoms with Gasteiger partial charge in [0.25, 0.3) is 0 Å². The second-order valence-corrected chi connectivity index (χ2v) is 6.62.